The second-order valence-corrected chi connectivity index (χ2v) is 8.54. The molecule has 4 rings (SSSR count). The summed E-state index contributed by atoms with van der Waals surface area (Å²) in [5.41, 5.74) is 5.33. The van der Waals surface area contributed by atoms with E-state index >= 15 is 0 Å². The van der Waals surface area contributed by atoms with Crippen molar-refractivity contribution in [3.8, 4) is 5.75 Å². The second kappa shape index (κ2) is 10.3. The van der Waals surface area contributed by atoms with Gasteiger partial charge in [-0.3, -0.25) is 14.5 Å². The van der Waals surface area contributed by atoms with Crippen molar-refractivity contribution in [2.24, 2.45) is 10.9 Å². The molecule has 2 atom stereocenters. The van der Waals surface area contributed by atoms with Crippen LogP contribution in [0.4, 0.5) is 4.79 Å². The van der Waals surface area contributed by atoms with Gasteiger partial charge in [0.15, 0.2) is 11.5 Å². The Hall–Kier alpha value is -4.32. The van der Waals surface area contributed by atoms with Gasteiger partial charge in [-0.2, -0.15) is 0 Å². The van der Waals surface area contributed by atoms with Crippen molar-refractivity contribution in [2.75, 3.05) is 12.4 Å². The standard InChI is InChI=1S/C23H20N4O7S/c24-23(32)33-11-14-12-35-21-17(20(29)27(21)18(14)22(30)31)25-19(28)16(13-7-3-1-4-8-13)26-34-15-9-5-2-6-10-15/h1-10,17,21H,11-12H2,(H2,24,32)(H,25,28)(H,30,31)/t17-,21-/m1/s1. The Balaban J connectivity index is 1.53. The summed E-state index contributed by atoms with van der Waals surface area (Å²) in [4.78, 5) is 55.2. The van der Waals surface area contributed by atoms with Gasteiger partial charge in [-0.1, -0.05) is 53.7 Å². The van der Waals surface area contributed by atoms with E-state index in [4.69, 9.17) is 15.3 Å². The number of ether oxygens (including phenoxy) is 1. The predicted molar refractivity (Wildman–Crippen MR) is 125 cm³/mol. The number of aliphatic carboxylic acids is 1. The highest BCUT2D eigenvalue weighted by molar-refractivity contribution is 8.00. The van der Waals surface area contributed by atoms with Crippen LogP contribution in [0.2, 0.25) is 0 Å². The van der Waals surface area contributed by atoms with Gasteiger partial charge in [0.25, 0.3) is 11.8 Å². The molecule has 0 saturated carbocycles. The molecule has 2 aliphatic rings. The Morgan fingerprint density at radius 3 is 2.40 bits per heavy atom. The zero-order valence-corrected chi connectivity index (χ0v) is 18.9. The number of nitrogens with two attached hydrogens (primary N) is 1. The Bertz CT molecular complexity index is 1220. The predicted octanol–water partition coefficient (Wildman–Crippen LogP) is 1.30. The maximum Gasteiger partial charge on any atom is 0.404 e. The number of carbonyl (C=O) groups excluding carboxylic acids is 3. The molecule has 1 saturated heterocycles. The minimum Gasteiger partial charge on any atom is -0.477 e. The number of carboxylic acids is 1. The third kappa shape index (κ3) is 5.11. The van der Waals surface area contributed by atoms with Crippen LogP contribution in [0.1, 0.15) is 5.56 Å². The average Bonchev–Trinajstić information content (AvgIpc) is 2.86. The normalized spacial score (nSPS) is 19.4. The monoisotopic (exact) mass is 496 g/mol. The number of thioether (sulfide) groups is 1. The van der Waals surface area contributed by atoms with Crippen molar-refractivity contribution in [2.45, 2.75) is 11.4 Å². The third-order valence-corrected chi connectivity index (χ3v) is 6.51. The van der Waals surface area contributed by atoms with E-state index in [1.54, 1.807) is 54.6 Å². The Morgan fingerprint density at radius 1 is 1.11 bits per heavy atom. The number of rotatable bonds is 8. The van der Waals surface area contributed by atoms with Gasteiger partial charge >= 0.3 is 12.1 Å². The zero-order valence-electron chi connectivity index (χ0n) is 18.1. The van der Waals surface area contributed by atoms with E-state index in [1.165, 1.54) is 11.8 Å². The number of oxime groups is 1. The molecule has 4 N–H and O–H groups in total. The van der Waals surface area contributed by atoms with Crippen molar-refractivity contribution in [1.82, 2.24) is 10.2 Å². The summed E-state index contributed by atoms with van der Waals surface area (Å²) >= 11 is 1.23. The molecule has 0 radical (unpaired) electrons. The van der Waals surface area contributed by atoms with Gasteiger partial charge in [-0.25, -0.2) is 9.59 Å². The SMILES string of the molecule is NC(=O)OCC1=C(C(=O)O)N2C(=O)[C@@H](NC(=O)C(=NOc3ccccc3)c3ccccc3)[C@H]2SC1. The summed E-state index contributed by atoms with van der Waals surface area (Å²) in [7, 11) is 0. The maximum atomic E-state index is 13.1. The van der Waals surface area contributed by atoms with Crippen molar-refractivity contribution < 1.29 is 33.9 Å². The number of β-lactam (4-membered cyclic amide) rings is 1. The van der Waals surface area contributed by atoms with Crippen LogP contribution in [0.3, 0.4) is 0 Å². The van der Waals surface area contributed by atoms with Gasteiger partial charge in [0.2, 0.25) is 0 Å². The fourth-order valence-corrected chi connectivity index (χ4v) is 4.89. The molecular formula is C23H20N4O7S. The minimum absolute atomic E-state index is 0.0499. The molecule has 0 bridgehead atoms. The van der Waals surface area contributed by atoms with E-state index < -0.39 is 35.3 Å². The lowest BCUT2D eigenvalue weighted by Gasteiger charge is -2.49. The summed E-state index contributed by atoms with van der Waals surface area (Å²) in [5.74, 6) is -2.02. The first-order chi connectivity index (χ1) is 16.9. The van der Waals surface area contributed by atoms with Crippen LogP contribution < -0.4 is 15.9 Å². The molecule has 0 aliphatic carbocycles. The lowest BCUT2D eigenvalue weighted by Crippen LogP contribution is -2.71. The van der Waals surface area contributed by atoms with E-state index in [1.807, 2.05) is 6.07 Å². The lowest BCUT2D eigenvalue weighted by molar-refractivity contribution is -0.150. The van der Waals surface area contributed by atoms with Crippen molar-refractivity contribution in [1.29, 1.82) is 0 Å². The number of primary amides is 1. The topological polar surface area (TPSA) is 161 Å². The number of carbonyl (C=O) groups is 4. The first kappa shape index (κ1) is 23.8. The van der Waals surface area contributed by atoms with E-state index in [-0.39, 0.29) is 29.3 Å². The molecule has 0 spiro atoms. The van der Waals surface area contributed by atoms with Crippen molar-refractivity contribution in [3.63, 3.8) is 0 Å². The van der Waals surface area contributed by atoms with E-state index in [0.29, 0.717) is 11.3 Å². The highest BCUT2D eigenvalue weighted by Gasteiger charge is 2.54. The van der Waals surface area contributed by atoms with Gasteiger partial charge < -0.3 is 25.7 Å². The van der Waals surface area contributed by atoms with Crippen LogP contribution in [0.5, 0.6) is 5.75 Å². The van der Waals surface area contributed by atoms with Crippen LogP contribution in [0, 0.1) is 0 Å². The van der Waals surface area contributed by atoms with Crippen LogP contribution in [0.25, 0.3) is 0 Å². The quantitative estimate of drug-likeness (QED) is 0.280. The number of hydrogen-bond acceptors (Lipinski definition) is 8. The number of hydrogen-bond donors (Lipinski definition) is 3. The van der Waals surface area contributed by atoms with Crippen LogP contribution in [-0.2, 0) is 19.1 Å². The third-order valence-electron chi connectivity index (χ3n) is 5.17. The first-order valence-corrected chi connectivity index (χ1v) is 11.4. The number of nitrogens with one attached hydrogen (secondary N) is 1. The molecule has 2 aliphatic heterocycles. The zero-order chi connectivity index (χ0) is 24.9. The highest BCUT2D eigenvalue weighted by atomic mass is 32.2. The van der Waals surface area contributed by atoms with Crippen LogP contribution in [0.15, 0.2) is 77.1 Å². The fourth-order valence-electron chi connectivity index (χ4n) is 3.56. The molecule has 1 fully saturated rings. The molecule has 2 heterocycles. The Kier molecular flexibility index (Phi) is 7.01. The largest absolute Gasteiger partial charge is 0.477 e. The van der Waals surface area contributed by atoms with Gasteiger partial charge in [0.05, 0.1) is 0 Å². The number of fused-ring (bicyclic) bond motifs is 1. The summed E-state index contributed by atoms with van der Waals surface area (Å²) in [6.07, 6.45) is -1.06. The van der Waals surface area contributed by atoms with Gasteiger partial charge in [-0.05, 0) is 12.1 Å². The van der Waals surface area contributed by atoms with Gasteiger partial charge in [0, 0.05) is 16.9 Å². The number of amides is 3. The van der Waals surface area contributed by atoms with Crippen molar-refractivity contribution in [3.05, 3.63) is 77.5 Å². The number of carboxylic acid groups (broad SMARTS) is 1. The molecule has 35 heavy (non-hydrogen) atoms. The summed E-state index contributed by atoms with van der Waals surface area (Å²) in [6, 6.07) is 16.3. The molecule has 0 unspecified atom stereocenters. The number of benzene rings is 2. The Labute approximate surface area is 203 Å². The van der Waals surface area contributed by atoms with E-state index in [9.17, 15) is 24.3 Å². The molecule has 12 heteroatoms. The maximum absolute atomic E-state index is 13.1. The van der Waals surface area contributed by atoms with Crippen LogP contribution in [-0.4, -0.2) is 63.4 Å². The van der Waals surface area contributed by atoms with E-state index in [2.05, 4.69) is 10.5 Å². The molecule has 2 aromatic rings. The van der Waals surface area contributed by atoms with Gasteiger partial charge in [-0.15, -0.1) is 11.8 Å². The highest BCUT2D eigenvalue weighted by Crippen LogP contribution is 2.40. The molecule has 3 amide bonds. The number of nitrogens with zero attached hydrogens (tertiary/aromatic N) is 2. The number of para-hydroxylation sites is 1. The summed E-state index contributed by atoms with van der Waals surface area (Å²) in [6.45, 7) is -0.348. The fraction of sp³-hybridized carbons (Fsp3) is 0.174. The summed E-state index contributed by atoms with van der Waals surface area (Å²) < 4.78 is 4.71. The molecule has 2 aromatic carbocycles. The smallest absolute Gasteiger partial charge is 0.404 e. The average molecular weight is 497 g/mol. The Morgan fingerprint density at radius 2 is 1.77 bits per heavy atom. The molecule has 0 aromatic heterocycles. The second-order valence-electron chi connectivity index (χ2n) is 7.44. The van der Waals surface area contributed by atoms with Crippen LogP contribution >= 0.6 is 11.8 Å². The van der Waals surface area contributed by atoms with Crippen molar-refractivity contribution >= 4 is 41.4 Å². The summed E-state index contributed by atoms with van der Waals surface area (Å²) in [5, 5.41) is 15.6. The van der Waals surface area contributed by atoms with Gasteiger partial charge in [0.1, 0.15) is 23.7 Å². The van der Waals surface area contributed by atoms with E-state index in [0.717, 1.165) is 4.90 Å². The lowest BCUT2D eigenvalue weighted by atomic mass is 10.0. The molecule has 11 nitrogen and oxygen atoms in total. The minimum atomic E-state index is -1.35. The first-order valence-electron chi connectivity index (χ1n) is 10.4. The molecular weight excluding hydrogens is 476 g/mol. The molecule has 180 valence electrons.